The van der Waals surface area contributed by atoms with Crippen molar-refractivity contribution in [2.45, 2.75) is 6.04 Å². The fourth-order valence-corrected chi connectivity index (χ4v) is 3.31. The number of hydrogen-bond donors (Lipinski definition) is 0. The Morgan fingerprint density at radius 1 is 1.00 bits per heavy atom. The third-order valence-corrected chi connectivity index (χ3v) is 4.71. The number of Topliss-reactive ketones (excluding diaryl/α,β-unsaturated/α-hetero) is 2. The number of ketones is 2. The average Bonchev–Trinajstić information content (AvgIpc) is 2.91. The Hall–Kier alpha value is -3.22. The number of likely N-dealkylation sites (tertiary alicyclic amines) is 1. The van der Waals surface area contributed by atoms with Gasteiger partial charge in [0.25, 0.3) is 5.91 Å². The van der Waals surface area contributed by atoms with Gasteiger partial charge in [-0.3, -0.25) is 14.4 Å². The van der Waals surface area contributed by atoms with Crippen molar-refractivity contribution in [2.24, 2.45) is 5.92 Å². The first kappa shape index (κ1) is 18.6. The largest absolute Gasteiger partial charge is 0.493 e. The van der Waals surface area contributed by atoms with Gasteiger partial charge in [0.2, 0.25) is 5.78 Å². The van der Waals surface area contributed by atoms with Gasteiger partial charge in [0, 0.05) is 12.6 Å². The van der Waals surface area contributed by atoms with Crippen LogP contribution < -0.4 is 9.47 Å². The first-order chi connectivity index (χ1) is 12.9. The topological polar surface area (TPSA) is 72.9 Å². The van der Waals surface area contributed by atoms with Gasteiger partial charge in [-0.15, -0.1) is 0 Å². The Morgan fingerprint density at radius 2 is 1.63 bits per heavy atom. The zero-order valence-corrected chi connectivity index (χ0v) is 15.1. The second-order valence-corrected chi connectivity index (χ2v) is 6.19. The Labute approximate surface area is 155 Å². The van der Waals surface area contributed by atoms with E-state index in [1.807, 2.05) is 0 Å². The molecule has 1 aliphatic rings. The third-order valence-electron chi connectivity index (χ3n) is 4.71. The molecule has 2 aromatic carbocycles. The fraction of sp³-hybridized carbons (Fsp3) is 0.250. The van der Waals surface area contributed by atoms with Gasteiger partial charge in [0.05, 0.1) is 20.3 Å². The highest BCUT2D eigenvalue weighted by atomic mass is 19.1. The maximum absolute atomic E-state index is 13.3. The van der Waals surface area contributed by atoms with E-state index < -0.39 is 35.3 Å². The minimum Gasteiger partial charge on any atom is -0.493 e. The second-order valence-electron chi connectivity index (χ2n) is 6.19. The predicted octanol–water partition coefficient (Wildman–Crippen LogP) is 2.42. The molecule has 1 aliphatic heterocycles. The molecule has 0 N–H and O–H groups in total. The molecule has 2 atom stereocenters. The van der Waals surface area contributed by atoms with Gasteiger partial charge in [-0.25, -0.2) is 4.39 Å². The summed E-state index contributed by atoms with van der Waals surface area (Å²) in [6, 6.07) is 9.15. The fourth-order valence-electron chi connectivity index (χ4n) is 3.31. The number of nitrogens with zero attached hydrogens (tertiary/aromatic N) is 1. The number of methoxy groups -OCH3 is 2. The molecule has 1 heterocycles. The smallest absolute Gasteiger partial charge is 0.291 e. The predicted molar refractivity (Wildman–Crippen MR) is 94.3 cm³/mol. The molecule has 0 spiro atoms. The standard InChI is InChI=1S/C20H18FNO5/c1-22-17(11-4-7-13(21)8-5-11)16(19(24)20(22)25)18(23)12-6-9-14(26-2)15(10-12)27-3/h4-10,16-17H,1-3H3. The van der Waals surface area contributed by atoms with Crippen molar-refractivity contribution in [3.8, 4) is 11.5 Å². The molecule has 0 saturated carbocycles. The van der Waals surface area contributed by atoms with Crippen molar-refractivity contribution >= 4 is 17.5 Å². The number of ether oxygens (including phenoxy) is 2. The second kappa shape index (κ2) is 7.19. The average molecular weight is 371 g/mol. The summed E-state index contributed by atoms with van der Waals surface area (Å²) in [6.45, 7) is 0. The Bertz CT molecular complexity index is 909. The first-order valence-electron chi connectivity index (χ1n) is 8.21. The number of carbonyl (C=O) groups excluding carboxylic acids is 3. The Kier molecular flexibility index (Phi) is 4.94. The molecule has 1 fully saturated rings. The monoisotopic (exact) mass is 371 g/mol. The van der Waals surface area contributed by atoms with Crippen LogP contribution >= 0.6 is 0 Å². The van der Waals surface area contributed by atoms with Gasteiger partial charge in [-0.1, -0.05) is 12.1 Å². The van der Waals surface area contributed by atoms with E-state index in [1.54, 1.807) is 6.07 Å². The Morgan fingerprint density at radius 3 is 2.22 bits per heavy atom. The molecule has 0 aliphatic carbocycles. The summed E-state index contributed by atoms with van der Waals surface area (Å²) in [5.74, 6) is -2.92. The maximum atomic E-state index is 13.3. The molecule has 6 nitrogen and oxygen atoms in total. The van der Waals surface area contributed by atoms with Crippen LogP contribution in [0.3, 0.4) is 0 Å². The highest BCUT2D eigenvalue weighted by Crippen LogP contribution is 2.38. The molecule has 140 valence electrons. The lowest BCUT2D eigenvalue weighted by Crippen LogP contribution is -2.27. The van der Waals surface area contributed by atoms with Gasteiger partial charge in [-0.2, -0.15) is 0 Å². The van der Waals surface area contributed by atoms with E-state index in [4.69, 9.17) is 9.47 Å². The summed E-state index contributed by atoms with van der Waals surface area (Å²) in [5, 5.41) is 0. The van der Waals surface area contributed by atoms with Crippen LogP contribution in [0.1, 0.15) is 22.0 Å². The van der Waals surface area contributed by atoms with Gasteiger partial charge < -0.3 is 14.4 Å². The summed E-state index contributed by atoms with van der Waals surface area (Å²) in [7, 11) is 4.36. The number of amides is 1. The number of rotatable bonds is 5. The zero-order valence-electron chi connectivity index (χ0n) is 15.1. The lowest BCUT2D eigenvalue weighted by Gasteiger charge is -2.23. The molecule has 0 radical (unpaired) electrons. The quantitative estimate of drug-likeness (QED) is 0.459. The molecule has 27 heavy (non-hydrogen) atoms. The van der Waals surface area contributed by atoms with E-state index in [-0.39, 0.29) is 5.56 Å². The normalized spacial score (nSPS) is 19.3. The molecule has 0 aromatic heterocycles. The number of likely N-dealkylation sites (N-methyl/N-ethyl adjacent to an activating group) is 1. The highest BCUT2D eigenvalue weighted by Gasteiger charge is 2.50. The number of carbonyl (C=O) groups is 3. The molecule has 2 aromatic rings. The van der Waals surface area contributed by atoms with Gasteiger partial charge in [0.1, 0.15) is 11.7 Å². The third kappa shape index (κ3) is 3.16. The number of halogens is 1. The molecule has 7 heteroatoms. The van der Waals surface area contributed by atoms with E-state index >= 15 is 0 Å². The molecular formula is C20H18FNO5. The SMILES string of the molecule is COc1ccc(C(=O)C2C(=O)C(=O)N(C)C2c2ccc(F)cc2)cc1OC. The zero-order chi connectivity index (χ0) is 19.7. The van der Waals surface area contributed by atoms with E-state index in [1.165, 1.54) is 62.6 Å². The van der Waals surface area contributed by atoms with Crippen LogP contribution in [0.15, 0.2) is 42.5 Å². The van der Waals surface area contributed by atoms with Crippen molar-refractivity contribution in [1.29, 1.82) is 0 Å². The molecule has 0 bridgehead atoms. The van der Waals surface area contributed by atoms with Crippen molar-refractivity contribution in [2.75, 3.05) is 21.3 Å². The van der Waals surface area contributed by atoms with Gasteiger partial charge in [-0.05, 0) is 35.9 Å². The summed E-state index contributed by atoms with van der Waals surface area (Å²) in [5.41, 5.74) is 0.734. The van der Waals surface area contributed by atoms with Crippen molar-refractivity contribution in [3.05, 3.63) is 59.4 Å². The maximum Gasteiger partial charge on any atom is 0.291 e. The number of hydrogen-bond acceptors (Lipinski definition) is 5. The lowest BCUT2D eigenvalue weighted by molar-refractivity contribution is -0.140. The lowest BCUT2D eigenvalue weighted by atomic mass is 9.86. The number of benzene rings is 2. The van der Waals surface area contributed by atoms with Crippen molar-refractivity contribution < 1.29 is 28.2 Å². The van der Waals surface area contributed by atoms with Crippen LogP contribution in [0.5, 0.6) is 11.5 Å². The summed E-state index contributed by atoms with van der Waals surface area (Å²) < 4.78 is 23.6. The van der Waals surface area contributed by atoms with Crippen molar-refractivity contribution in [3.63, 3.8) is 0 Å². The minimum absolute atomic E-state index is 0.223. The van der Waals surface area contributed by atoms with Crippen LogP contribution in [0.25, 0.3) is 0 Å². The van der Waals surface area contributed by atoms with Gasteiger partial charge in [0.15, 0.2) is 17.3 Å². The van der Waals surface area contributed by atoms with E-state index in [9.17, 15) is 18.8 Å². The molecule has 2 unspecified atom stereocenters. The summed E-state index contributed by atoms with van der Waals surface area (Å²) in [4.78, 5) is 39.1. The molecule has 3 rings (SSSR count). The summed E-state index contributed by atoms with van der Waals surface area (Å²) >= 11 is 0. The van der Waals surface area contributed by atoms with Crippen LogP contribution in [0, 0.1) is 11.7 Å². The van der Waals surface area contributed by atoms with E-state index in [2.05, 4.69) is 0 Å². The van der Waals surface area contributed by atoms with Crippen molar-refractivity contribution in [1.82, 2.24) is 4.90 Å². The van der Waals surface area contributed by atoms with Crippen LogP contribution in [0.2, 0.25) is 0 Å². The Balaban J connectivity index is 2.03. The molecular weight excluding hydrogens is 353 g/mol. The van der Waals surface area contributed by atoms with E-state index in [0.717, 1.165) is 0 Å². The minimum atomic E-state index is -1.22. The van der Waals surface area contributed by atoms with Crippen LogP contribution in [0.4, 0.5) is 4.39 Å². The molecule has 1 saturated heterocycles. The van der Waals surface area contributed by atoms with E-state index in [0.29, 0.717) is 17.1 Å². The van der Waals surface area contributed by atoms with Gasteiger partial charge >= 0.3 is 0 Å². The highest BCUT2D eigenvalue weighted by molar-refractivity contribution is 6.43. The summed E-state index contributed by atoms with van der Waals surface area (Å²) in [6.07, 6.45) is 0. The van der Waals surface area contributed by atoms with Crippen LogP contribution in [-0.2, 0) is 9.59 Å². The van der Waals surface area contributed by atoms with Crippen LogP contribution in [-0.4, -0.2) is 43.6 Å². The first-order valence-corrected chi connectivity index (χ1v) is 8.21. The molecule has 1 amide bonds.